The minimum Gasteiger partial charge on any atom is -0.393 e. The number of H-pyrrole nitrogens is 1. The highest BCUT2D eigenvalue weighted by atomic mass is 16.5. The highest BCUT2D eigenvalue weighted by molar-refractivity contribution is 5.86. The van der Waals surface area contributed by atoms with Crippen LogP contribution in [0, 0.1) is 5.92 Å². The Morgan fingerprint density at radius 1 is 0.721 bits per heavy atom. The van der Waals surface area contributed by atoms with E-state index in [1.54, 1.807) is 0 Å². The van der Waals surface area contributed by atoms with Gasteiger partial charge in [0.1, 0.15) is 0 Å². The van der Waals surface area contributed by atoms with Crippen LogP contribution in [0.3, 0.4) is 0 Å². The average Bonchev–Trinajstić information content (AvgIpc) is 3.31. The van der Waals surface area contributed by atoms with Gasteiger partial charge in [-0.25, -0.2) is 0 Å². The fraction of sp³-hybridized carbons (Fsp3) is 0.316. The number of fused-ring (bicyclic) bond motifs is 7. The molecule has 0 spiro atoms. The molecule has 0 radical (unpaired) electrons. The summed E-state index contributed by atoms with van der Waals surface area (Å²) < 4.78 is 13.2. The lowest BCUT2D eigenvalue weighted by Crippen LogP contribution is -2.49. The summed E-state index contributed by atoms with van der Waals surface area (Å²) in [5.74, 6) is -0.0309. The summed E-state index contributed by atoms with van der Waals surface area (Å²) in [5.41, 5.74) is 6.63. The number of aromatic amines is 1. The molecule has 4 aromatic carbocycles. The van der Waals surface area contributed by atoms with Gasteiger partial charge in [-0.2, -0.15) is 0 Å². The van der Waals surface area contributed by atoms with Crippen molar-refractivity contribution in [3.05, 3.63) is 143 Å². The normalized spacial score (nSPS) is 21.4. The van der Waals surface area contributed by atoms with E-state index < -0.39 is 11.5 Å². The van der Waals surface area contributed by atoms with Gasteiger partial charge in [0.25, 0.3) is 0 Å². The van der Waals surface area contributed by atoms with Crippen LogP contribution in [0.2, 0.25) is 0 Å². The maximum absolute atomic E-state index is 12.0. The zero-order chi connectivity index (χ0) is 29.1. The van der Waals surface area contributed by atoms with Crippen molar-refractivity contribution in [2.75, 3.05) is 19.8 Å². The molecule has 7 rings (SSSR count). The van der Waals surface area contributed by atoms with Gasteiger partial charge in [-0.05, 0) is 47.7 Å². The Labute approximate surface area is 254 Å². The van der Waals surface area contributed by atoms with Gasteiger partial charge in [-0.1, -0.05) is 109 Å². The van der Waals surface area contributed by atoms with Gasteiger partial charge in [-0.15, -0.1) is 0 Å². The molecule has 3 unspecified atom stereocenters. The number of likely N-dealkylation sites (tertiary alicyclic amines) is 1. The predicted octanol–water partition coefficient (Wildman–Crippen LogP) is 7.17. The molecule has 2 aliphatic rings. The van der Waals surface area contributed by atoms with Gasteiger partial charge in [-0.3, -0.25) is 4.90 Å². The Balaban J connectivity index is 1.31. The van der Waals surface area contributed by atoms with Gasteiger partial charge >= 0.3 is 0 Å². The first-order valence-corrected chi connectivity index (χ1v) is 15.5. The summed E-state index contributed by atoms with van der Waals surface area (Å²) >= 11 is 0. The lowest BCUT2D eigenvalue weighted by molar-refractivity contribution is -0.0532. The summed E-state index contributed by atoms with van der Waals surface area (Å²) in [6.45, 7) is 3.71. The molecule has 43 heavy (non-hydrogen) atoms. The van der Waals surface area contributed by atoms with E-state index in [-0.39, 0.29) is 12.0 Å². The minimum atomic E-state index is -0.537. The number of benzene rings is 4. The number of hydrogen-bond acceptors (Lipinski definition) is 4. The fourth-order valence-corrected chi connectivity index (χ4v) is 7.49. The second-order valence-electron chi connectivity index (χ2n) is 12.2. The Bertz CT molecular complexity index is 1570. The number of nitrogens with zero attached hydrogens (tertiary/aromatic N) is 1. The first kappa shape index (κ1) is 28.1. The monoisotopic (exact) mass is 572 g/mol. The lowest BCUT2D eigenvalue weighted by atomic mass is 9.69. The van der Waals surface area contributed by atoms with Crippen molar-refractivity contribution in [3.63, 3.8) is 0 Å². The molecular formula is C38H40N2O3. The average molecular weight is 573 g/mol. The fourth-order valence-electron chi connectivity index (χ4n) is 7.49. The number of aliphatic hydroxyl groups is 1. The molecule has 1 saturated heterocycles. The van der Waals surface area contributed by atoms with Crippen LogP contribution in [-0.4, -0.2) is 40.9 Å². The van der Waals surface area contributed by atoms with Crippen molar-refractivity contribution in [3.8, 4) is 0 Å². The van der Waals surface area contributed by atoms with Crippen molar-refractivity contribution >= 4 is 10.9 Å². The quantitative estimate of drug-likeness (QED) is 0.186. The predicted molar refractivity (Wildman–Crippen MR) is 170 cm³/mol. The Hall–Kier alpha value is -3.74. The van der Waals surface area contributed by atoms with E-state index in [1.807, 2.05) is 12.1 Å². The van der Waals surface area contributed by atoms with Crippen molar-refractivity contribution in [2.45, 2.75) is 50.2 Å². The summed E-state index contributed by atoms with van der Waals surface area (Å²) in [6.07, 6.45) is 1.07. The van der Waals surface area contributed by atoms with E-state index >= 15 is 0 Å². The van der Waals surface area contributed by atoms with Crippen molar-refractivity contribution in [2.24, 2.45) is 5.92 Å². The van der Waals surface area contributed by atoms with Crippen LogP contribution in [-0.2, 0) is 34.6 Å². The summed E-state index contributed by atoms with van der Waals surface area (Å²) in [4.78, 5) is 6.46. The van der Waals surface area contributed by atoms with Crippen LogP contribution in [0.5, 0.6) is 0 Å². The lowest BCUT2D eigenvalue weighted by Gasteiger charge is -2.43. The molecule has 5 nitrogen and oxygen atoms in total. The molecule has 5 heteroatoms. The molecule has 0 amide bonds. The third-order valence-corrected chi connectivity index (χ3v) is 9.56. The molecule has 2 bridgehead atoms. The van der Waals surface area contributed by atoms with Gasteiger partial charge in [0.05, 0.1) is 37.9 Å². The molecular weight excluding hydrogens is 532 g/mol. The molecule has 1 fully saturated rings. The van der Waals surface area contributed by atoms with Gasteiger partial charge in [0.15, 0.2) is 0 Å². The number of nitrogens with one attached hydrogen (secondary N) is 1. The minimum absolute atomic E-state index is 0.0309. The largest absolute Gasteiger partial charge is 0.393 e. The van der Waals surface area contributed by atoms with Gasteiger partial charge < -0.3 is 19.6 Å². The molecule has 1 aliphatic heterocycles. The van der Waals surface area contributed by atoms with Crippen LogP contribution < -0.4 is 0 Å². The number of aromatic nitrogens is 1. The topological polar surface area (TPSA) is 57.7 Å². The molecule has 220 valence electrons. The van der Waals surface area contributed by atoms with E-state index in [0.717, 1.165) is 36.2 Å². The molecule has 2 N–H and O–H groups in total. The number of aliphatic hydroxyl groups excluding tert-OH is 1. The molecule has 2 heterocycles. The zero-order valence-electron chi connectivity index (χ0n) is 24.6. The summed E-state index contributed by atoms with van der Waals surface area (Å²) in [5, 5.41) is 13.3. The molecule has 1 aromatic heterocycles. The molecule has 1 aliphatic carbocycles. The second-order valence-corrected chi connectivity index (χ2v) is 12.2. The Kier molecular flexibility index (Phi) is 8.14. The van der Waals surface area contributed by atoms with Crippen LogP contribution in [0.15, 0.2) is 115 Å². The maximum atomic E-state index is 12.0. The van der Waals surface area contributed by atoms with Crippen LogP contribution >= 0.6 is 0 Å². The van der Waals surface area contributed by atoms with Crippen LogP contribution in [0.4, 0.5) is 0 Å². The van der Waals surface area contributed by atoms with Crippen molar-refractivity contribution in [1.29, 1.82) is 0 Å². The number of ether oxygens (including phenoxy) is 2. The van der Waals surface area contributed by atoms with E-state index in [4.69, 9.17) is 9.47 Å². The summed E-state index contributed by atoms with van der Waals surface area (Å²) in [6, 6.07) is 40.1. The van der Waals surface area contributed by atoms with Crippen LogP contribution in [0.1, 0.15) is 46.8 Å². The number of para-hydroxylation sites is 1. The third-order valence-electron chi connectivity index (χ3n) is 9.56. The van der Waals surface area contributed by atoms with E-state index in [1.165, 1.54) is 22.2 Å². The highest BCUT2D eigenvalue weighted by Crippen LogP contribution is 2.52. The smallest absolute Gasteiger partial charge is 0.0717 e. The first-order chi connectivity index (χ1) is 21.2. The zero-order valence-corrected chi connectivity index (χ0v) is 24.6. The van der Waals surface area contributed by atoms with Gasteiger partial charge in [0.2, 0.25) is 0 Å². The van der Waals surface area contributed by atoms with Crippen LogP contribution in [0.25, 0.3) is 10.9 Å². The SMILES string of the molecule is OC1CC2c3c([nH]c4ccccc34)C(COCc3ccccc3)(COCc3ccccc3)C1CCN2Cc1ccccc1. The Morgan fingerprint density at radius 3 is 1.91 bits per heavy atom. The first-order valence-electron chi connectivity index (χ1n) is 15.5. The third kappa shape index (κ3) is 5.66. The van der Waals surface area contributed by atoms with E-state index in [0.29, 0.717) is 32.8 Å². The van der Waals surface area contributed by atoms with Crippen molar-refractivity contribution < 1.29 is 14.6 Å². The standard InChI is InChI=1S/C38H40N2O3/c41-35-22-34-36-31-18-10-11-19-33(31)39-37(36)38(26-42-24-29-14-6-2-7-15-29,27-43-25-30-16-8-3-9-17-30)32(35)20-21-40(34)23-28-12-4-1-5-13-28/h1-19,32,34-35,39,41H,20-27H2. The van der Waals surface area contributed by atoms with E-state index in [9.17, 15) is 5.11 Å². The summed E-state index contributed by atoms with van der Waals surface area (Å²) in [7, 11) is 0. The van der Waals surface area contributed by atoms with Gasteiger partial charge in [0, 0.05) is 35.1 Å². The Morgan fingerprint density at radius 2 is 1.28 bits per heavy atom. The van der Waals surface area contributed by atoms with E-state index in [2.05, 4.69) is 113 Å². The maximum Gasteiger partial charge on any atom is 0.0717 e. The number of hydrogen-bond donors (Lipinski definition) is 2. The molecule has 3 atom stereocenters. The molecule has 0 saturated carbocycles. The highest BCUT2D eigenvalue weighted by Gasteiger charge is 2.53. The van der Waals surface area contributed by atoms with Crippen molar-refractivity contribution in [1.82, 2.24) is 9.88 Å². The second kappa shape index (κ2) is 12.5. The molecule has 5 aromatic rings. The number of rotatable bonds is 10.